The maximum Gasteiger partial charge on any atom is 0.240 e. The minimum Gasteiger partial charge on any atom is -0.338 e. The van der Waals surface area contributed by atoms with Gasteiger partial charge >= 0.3 is 0 Å². The van der Waals surface area contributed by atoms with Crippen molar-refractivity contribution in [2.24, 2.45) is 0 Å². The van der Waals surface area contributed by atoms with Gasteiger partial charge in [0.2, 0.25) is 5.89 Å². The average Bonchev–Trinajstić information content (AvgIpc) is 2.86. The van der Waals surface area contributed by atoms with E-state index in [0.29, 0.717) is 12.4 Å². The summed E-state index contributed by atoms with van der Waals surface area (Å²) in [6, 6.07) is 7.86. The molecule has 1 aromatic carbocycles. The van der Waals surface area contributed by atoms with Crippen LogP contribution < -0.4 is 0 Å². The highest BCUT2D eigenvalue weighted by atomic mass is 35.5. The van der Waals surface area contributed by atoms with Crippen LogP contribution >= 0.6 is 11.6 Å². The van der Waals surface area contributed by atoms with Crippen molar-refractivity contribution < 1.29 is 4.52 Å². The van der Waals surface area contributed by atoms with E-state index in [9.17, 15) is 0 Å². The Balaban J connectivity index is 1.86. The van der Waals surface area contributed by atoms with Gasteiger partial charge in [0.15, 0.2) is 5.82 Å². The van der Waals surface area contributed by atoms with Crippen LogP contribution in [0.1, 0.15) is 37.0 Å². The zero-order chi connectivity index (χ0) is 14.4. The quantitative estimate of drug-likeness (QED) is 0.780. The number of hydrogen-bond acceptors (Lipinski definition) is 4. The molecule has 0 atom stereocenters. The maximum absolute atomic E-state index is 5.88. The summed E-state index contributed by atoms with van der Waals surface area (Å²) in [4.78, 5) is 6.54. The molecule has 1 aromatic heterocycles. The smallest absolute Gasteiger partial charge is 0.240 e. The van der Waals surface area contributed by atoms with Gasteiger partial charge in [-0.05, 0) is 31.2 Å². The summed E-state index contributed by atoms with van der Waals surface area (Å²) in [6.07, 6.45) is 3.13. The van der Waals surface area contributed by atoms with E-state index in [-0.39, 0.29) is 0 Å². The minimum atomic E-state index is 0.655. The van der Waals surface area contributed by atoms with Crippen molar-refractivity contribution in [3.05, 3.63) is 46.6 Å². The van der Waals surface area contributed by atoms with E-state index in [4.69, 9.17) is 16.1 Å². The molecule has 0 saturated heterocycles. The standard InChI is InChI=1S/C15H20ClN3O/c1-3-4-5-14-17-15(20-18-14)11-19(2)10-12-6-8-13(16)9-7-12/h6-9H,3-5,10-11H2,1-2H3. The van der Waals surface area contributed by atoms with Crippen LogP contribution in [0, 0.1) is 0 Å². The lowest BCUT2D eigenvalue weighted by atomic mass is 10.2. The molecule has 1 heterocycles. The number of nitrogens with zero attached hydrogens (tertiary/aromatic N) is 3. The van der Waals surface area contributed by atoms with E-state index in [2.05, 4.69) is 22.0 Å². The van der Waals surface area contributed by atoms with Crippen molar-refractivity contribution in [3.63, 3.8) is 0 Å². The molecule has 108 valence electrons. The SMILES string of the molecule is CCCCc1noc(CN(C)Cc2ccc(Cl)cc2)n1. The summed E-state index contributed by atoms with van der Waals surface area (Å²) in [7, 11) is 2.03. The third kappa shape index (κ3) is 4.62. The third-order valence-corrected chi connectivity index (χ3v) is 3.29. The molecule has 0 saturated carbocycles. The van der Waals surface area contributed by atoms with Crippen LogP contribution in [0.2, 0.25) is 5.02 Å². The van der Waals surface area contributed by atoms with E-state index in [1.165, 1.54) is 5.56 Å². The zero-order valence-electron chi connectivity index (χ0n) is 12.0. The first-order chi connectivity index (χ1) is 9.67. The second-order valence-electron chi connectivity index (χ2n) is 5.01. The van der Waals surface area contributed by atoms with Crippen molar-refractivity contribution in [2.45, 2.75) is 39.3 Å². The van der Waals surface area contributed by atoms with E-state index >= 15 is 0 Å². The molecular formula is C15H20ClN3O. The van der Waals surface area contributed by atoms with Gasteiger partial charge in [-0.15, -0.1) is 0 Å². The lowest BCUT2D eigenvalue weighted by molar-refractivity contribution is 0.260. The van der Waals surface area contributed by atoms with E-state index in [0.717, 1.165) is 36.7 Å². The highest BCUT2D eigenvalue weighted by Gasteiger charge is 2.09. The summed E-state index contributed by atoms with van der Waals surface area (Å²) in [5.41, 5.74) is 1.21. The Morgan fingerprint density at radius 1 is 1.20 bits per heavy atom. The van der Waals surface area contributed by atoms with Gasteiger partial charge in [-0.2, -0.15) is 4.98 Å². The predicted molar refractivity (Wildman–Crippen MR) is 79.5 cm³/mol. The van der Waals surface area contributed by atoms with Crippen LogP contribution in [-0.2, 0) is 19.5 Å². The Morgan fingerprint density at radius 3 is 2.65 bits per heavy atom. The van der Waals surface area contributed by atoms with Gasteiger partial charge in [0.25, 0.3) is 0 Å². The number of aryl methyl sites for hydroxylation is 1. The number of aromatic nitrogens is 2. The van der Waals surface area contributed by atoms with Gasteiger partial charge in [-0.25, -0.2) is 0 Å². The van der Waals surface area contributed by atoms with Crippen molar-refractivity contribution in [3.8, 4) is 0 Å². The summed E-state index contributed by atoms with van der Waals surface area (Å²) in [5.74, 6) is 1.48. The van der Waals surface area contributed by atoms with Gasteiger partial charge in [-0.3, -0.25) is 4.90 Å². The molecule has 2 aromatic rings. The topological polar surface area (TPSA) is 42.2 Å². The number of rotatable bonds is 7. The molecule has 4 nitrogen and oxygen atoms in total. The Labute approximate surface area is 124 Å². The van der Waals surface area contributed by atoms with Crippen molar-refractivity contribution in [2.75, 3.05) is 7.05 Å². The Kier molecular flexibility index (Phi) is 5.56. The van der Waals surface area contributed by atoms with Crippen LogP contribution in [0.25, 0.3) is 0 Å². The first-order valence-electron chi connectivity index (χ1n) is 6.92. The molecule has 0 aliphatic carbocycles. The largest absolute Gasteiger partial charge is 0.338 e. The average molecular weight is 294 g/mol. The van der Waals surface area contributed by atoms with Crippen LogP contribution in [0.3, 0.4) is 0 Å². The molecule has 0 amide bonds. The number of hydrogen-bond donors (Lipinski definition) is 0. The molecule has 20 heavy (non-hydrogen) atoms. The molecule has 0 aliphatic rings. The number of halogens is 1. The fraction of sp³-hybridized carbons (Fsp3) is 0.467. The fourth-order valence-corrected chi connectivity index (χ4v) is 2.11. The fourth-order valence-electron chi connectivity index (χ4n) is 1.98. The van der Waals surface area contributed by atoms with E-state index in [1.54, 1.807) is 0 Å². The number of benzene rings is 1. The molecule has 0 aliphatic heterocycles. The van der Waals surface area contributed by atoms with Crippen molar-refractivity contribution >= 4 is 11.6 Å². The molecule has 0 fully saturated rings. The molecule has 5 heteroatoms. The first-order valence-corrected chi connectivity index (χ1v) is 7.29. The summed E-state index contributed by atoms with van der Waals surface area (Å²) < 4.78 is 5.27. The number of unbranched alkanes of at least 4 members (excludes halogenated alkanes) is 1. The van der Waals surface area contributed by atoms with Crippen LogP contribution in [0.4, 0.5) is 0 Å². The molecule has 0 N–H and O–H groups in total. The summed E-state index contributed by atoms with van der Waals surface area (Å²) in [6.45, 7) is 3.63. The minimum absolute atomic E-state index is 0.655. The Morgan fingerprint density at radius 2 is 1.95 bits per heavy atom. The zero-order valence-corrected chi connectivity index (χ0v) is 12.7. The van der Waals surface area contributed by atoms with Crippen molar-refractivity contribution in [1.29, 1.82) is 0 Å². The van der Waals surface area contributed by atoms with Crippen LogP contribution in [0.15, 0.2) is 28.8 Å². The van der Waals surface area contributed by atoms with Crippen LogP contribution in [-0.4, -0.2) is 22.1 Å². The Hall–Kier alpha value is -1.39. The normalized spacial score (nSPS) is 11.2. The van der Waals surface area contributed by atoms with Gasteiger partial charge in [-0.1, -0.05) is 42.2 Å². The molecule has 0 spiro atoms. The maximum atomic E-state index is 5.88. The predicted octanol–water partition coefficient (Wildman–Crippen LogP) is 3.70. The van der Waals surface area contributed by atoms with Crippen molar-refractivity contribution in [1.82, 2.24) is 15.0 Å². The molecule has 0 unspecified atom stereocenters. The van der Waals surface area contributed by atoms with Gasteiger partial charge in [0, 0.05) is 18.0 Å². The third-order valence-electron chi connectivity index (χ3n) is 3.04. The summed E-state index contributed by atoms with van der Waals surface area (Å²) >= 11 is 5.88. The van der Waals surface area contributed by atoms with E-state index < -0.39 is 0 Å². The summed E-state index contributed by atoms with van der Waals surface area (Å²) in [5, 5.41) is 4.75. The molecule has 2 rings (SSSR count). The van der Waals surface area contributed by atoms with Gasteiger partial charge in [0.1, 0.15) is 0 Å². The molecular weight excluding hydrogens is 274 g/mol. The van der Waals surface area contributed by atoms with Crippen LogP contribution in [0.5, 0.6) is 0 Å². The lowest BCUT2D eigenvalue weighted by Crippen LogP contribution is -2.17. The molecule has 0 radical (unpaired) electrons. The lowest BCUT2D eigenvalue weighted by Gasteiger charge is -2.13. The van der Waals surface area contributed by atoms with Gasteiger partial charge < -0.3 is 4.52 Å². The molecule has 0 bridgehead atoms. The highest BCUT2D eigenvalue weighted by Crippen LogP contribution is 2.12. The highest BCUT2D eigenvalue weighted by molar-refractivity contribution is 6.30. The Bertz CT molecular complexity index is 524. The second kappa shape index (κ2) is 7.41. The monoisotopic (exact) mass is 293 g/mol. The van der Waals surface area contributed by atoms with Gasteiger partial charge in [0.05, 0.1) is 6.54 Å². The second-order valence-corrected chi connectivity index (χ2v) is 5.44. The van der Waals surface area contributed by atoms with E-state index in [1.807, 2.05) is 31.3 Å². The first kappa shape index (κ1) is 15.0.